The van der Waals surface area contributed by atoms with E-state index in [-0.39, 0.29) is 5.41 Å². The van der Waals surface area contributed by atoms with Crippen molar-refractivity contribution in [2.24, 2.45) is 0 Å². The molecule has 0 fully saturated rings. The Balaban J connectivity index is 0.000000769. The molecular weight excluding hydrogens is 785 g/mol. The first-order valence-corrected chi connectivity index (χ1v) is 22.4. The third-order valence-corrected chi connectivity index (χ3v) is 12.5. The molecule has 2 nitrogen and oxygen atoms in total. The number of benzene rings is 10. The number of fused-ring (bicyclic) bond motifs is 3. The summed E-state index contributed by atoms with van der Waals surface area (Å²) in [6.07, 6.45) is 0. The van der Waals surface area contributed by atoms with Gasteiger partial charge in [-0.15, -0.1) is 0 Å². The zero-order chi connectivity index (χ0) is 44.0. The Labute approximate surface area is 383 Å². The van der Waals surface area contributed by atoms with Crippen LogP contribution in [-0.4, -0.2) is 0 Å². The van der Waals surface area contributed by atoms with Crippen LogP contribution in [0.3, 0.4) is 0 Å². The second-order valence-corrected chi connectivity index (χ2v) is 17.1. The van der Waals surface area contributed by atoms with Crippen LogP contribution in [0.1, 0.15) is 25.0 Å². The van der Waals surface area contributed by atoms with Crippen LogP contribution < -0.4 is 10.2 Å². The van der Waals surface area contributed by atoms with Crippen LogP contribution in [0.25, 0.3) is 55.6 Å². The number of nitrogens with one attached hydrogen (secondary N) is 1. The Morgan fingerprint density at radius 2 is 0.585 bits per heavy atom. The number of anilines is 5. The molecule has 10 aromatic rings. The van der Waals surface area contributed by atoms with Gasteiger partial charge in [0.15, 0.2) is 0 Å². The van der Waals surface area contributed by atoms with Crippen molar-refractivity contribution in [3.05, 3.63) is 272 Å². The van der Waals surface area contributed by atoms with Gasteiger partial charge in [-0.25, -0.2) is 0 Å². The molecule has 0 atom stereocenters. The fraction of sp³-hybridized carbons (Fsp3) is 0.0476. The fourth-order valence-corrected chi connectivity index (χ4v) is 9.04. The highest BCUT2D eigenvalue weighted by Crippen LogP contribution is 2.51. The number of nitrogens with zero attached hydrogens (tertiary/aromatic N) is 1. The van der Waals surface area contributed by atoms with Crippen molar-refractivity contribution in [2.45, 2.75) is 19.3 Å². The van der Waals surface area contributed by atoms with Gasteiger partial charge in [0, 0.05) is 33.9 Å². The molecule has 0 saturated heterocycles. The summed E-state index contributed by atoms with van der Waals surface area (Å²) in [7, 11) is 0. The van der Waals surface area contributed by atoms with Gasteiger partial charge in [-0.1, -0.05) is 214 Å². The molecule has 11 rings (SSSR count). The van der Waals surface area contributed by atoms with Crippen molar-refractivity contribution in [1.29, 1.82) is 0 Å². The summed E-state index contributed by atoms with van der Waals surface area (Å²) in [6, 6.07) is 93.0. The zero-order valence-corrected chi connectivity index (χ0v) is 36.8. The lowest BCUT2D eigenvalue weighted by Gasteiger charge is -2.28. The smallest absolute Gasteiger partial charge is 0.0465 e. The first kappa shape index (κ1) is 40.8. The van der Waals surface area contributed by atoms with E-state index in [9.17, 15) is 0 Å². The minimum absolute atomic E-state index is 0.188. The van der Waals surface area contributed by atoms with Crippen molar-refractivity contribution in [1.82, 2.24) is 0 Å². The number of hydrogen-bond donors (Lipinski definition) is 1. The van der Waals surface area contributed by atoms with Gasteiger partial charge in [-0.3, -0.25) is 0 Å². The molecule has 0 heterocycles. The van der Waals surface area contributed by atoms with E-state index in [1.807, 2.05) is 36.4 Å². The quantitative estimate of drug-likeness (QED) is 0.156. The Bertz CT molecular complexity index is 3100. The second kappa shape index (κ2) is 18.3. The lowest BCUT2D eigenvalue weighted by Crippen LogP contribution is -2.16. The summed E-state index contributed by atoms with van der Waals surface area (Å²) < 4.78 is 0. The summed E-state index contributed by atoms with van der Waals surface area (Å²) in [4.78, 5) is 2.37. The Morgan fingerprint density at radius 3 is 1.05 bits per heavy atom. The van der Waals surface area contributed by atoms with Crippen LogP contribution in [0.15, 0.2) is 261 Å². The SMILES string of the molecule is CC1(C)c2cc(Nc3ccc(-c4ccc(-c5ccccc5)cc4)cc3)ccc2-c2ccc(N(c3ccccc3)c3ccc(-c4ccc(-c5ccccc5)cc4)cc3)cc21.c1ccccc1. The minimum atomic E-state index is -0.188. The van der Waals surface area contributed by atoms with Crippen LogP contribution in [0, 0.1) is 0 Å². The molecule has 65 heavy (non-hydrogen) atoms. The molecule has 0 aromatic heterocycles. The Hall–Kier alpha value is -8.20. The Morgan fingerprint density at radius 1 is 0.277 bits per heavy atom. The van der Waals surface area contributed by atoms with Crippen LogP contribution in [0.4, 0.5) is 28.4 Å². The van der Waals surface area contributed by atoms with Gasteiger partial charge in [-0.05, 0) is 127 Å². The second-order valence-electron chi connectivity index (χ2n) is 17.1. The van der Waals surface area contributed by atoms with Gasteiger partial charge in [0.2, 0.25) is 0 Å². The third kappa shape index (κ3) is 8.76. The molecule has 10 aromatic carbocycles. The molecule has 0 amide bonds. The number of rotatable bonds is 9. The van der Waals surface area contributed by atoms with Gasteiger partial charge in [0.1, 0.15) is 0 Å². The molecule has 0 radical (unpaired) electrons. The van der Waals surface area contributed by atoms with Crippen LogP contribution in [0.5, 0.6) is 0 Å². The predicted molar refractivity (Wildman–Crippen MR) is 277 cm³/mol. The maximum atomic E-state index is 3.70. The normalized spacial score (nSPS) is 12.0. The maximum Gasteiger partial charge on any atom is 0.0465 e. The molecule has 0 bridgehead atoms. The topological polar surface area (TPSA) is 15.3 Å². The molecule has 0 saturated carbocycles. The molecule has 1 aliphatic carbocycles. The summed E-state index contributed by atoms with van der Waals surface area (Å²) in [5, 5.41) is 3.70. The average Bonchev–Trinajstić information content (AvgIpc) is 3.60. The minimum Gasteiger partial charge on any atom is -0.356 e. The van der Waals surface area contributed by atoms with Gasteiger partial charge in [0.25, 0.3) is 0 Å². The van der Waals surface area contributed by atoms with Crippen molar-refractivity contribution < 1.29 is 0 Å². The molecule has 1 aliphatic rings. The van der Waals surface area contributed by atoms with E-state index >= 15 is 0 Å². The maximum absolute atomic E-state index is 3.70. The number of para-hydroxylation sites is 1. The van der Waals surface area contributed by atoms with Gasteiger partial charge in [0.05, 0.1) is 0 Å². The van der Waals surface area contributed by atoms with E-state index in [0.717, 1.165) is 28.4 Å². The highest BCUT2D eigenvalue weighted by molar-refractivity contribution is 5.87. The zero-order valence-electron chi connectivity index (χ0n) is 36.8. The van der Waals surface area contributed by atoms with Crippen LogP contribution in [0.2, 0.25) is 0 Å². The predicted octanol–water partition coefficient (Wildman–Crippen LogP) is 17.6. The van der Waals surface area contributed by atoms with Gasteiger partial charge >= 0.3 is 0 Å². The standard InChI is InChI=1S/C57H44N2.C6H6/c1-57(2)55-38-49(58-48-30-26-46(27-31-48)44-22-18-42(19-23-44)40-12-6-3-7-13-40)32-36-53(55)54-37-35-52(39-56(54)57)59(50-16-10-5-11-17-50)51-33-28-47(29-34-51)45-24-20-43(21-25-45)41-14-8-4-9-15-41;1-2-4-6-5-3-1/h3-39,58H,1-2H3;1-6H. The lowest BCUT2D eigenvalue weighted by molar-refractivity contribution is 0.660. The van der Waals surface area contributed by atoms with E-state index in [4.69, 9.17) is 0 Å². The van der Waals surface area contributed by atoms with Crippen LogP contribution >= 0.6 is 0 Å². The molecule has 0 aliphatic heterocycles. The summed E-state index contributed by atoms with van der Waals surface area (Å²) >= 11 is 0. The molecule has 312 valence electrons. The van der Waals surface area contributed by atoms with Crippen LogP contribution in [-0.2, 0) is 5.41 Å². The molecule has 0 unspecified atom stereocenters. The van der Waals surface area contributed by atoms with E-state index in [0.29, 0.717) is 0 Å². The fourth-order valence-electron chi connectivity index (χ4n) is 9.04. The first-order valence-electron chi connectivity index (χ1n) is 22.4. The molecule has 2 heteroatoms. The first-order chi connectivity index (χ1) is 32.0. The Kier molecular flexibility index (Phi) is 11.5. The van der Waals surface area contributed by atoms with Crippen molar-refractivity contribution in [3.8, 4) is 55.6 Å². The third-order valence-electron chi connectivity index (χ3n) is 12.5. The van der Waals surface area contributed by atoms with Gasteiger partial charge < -0.3 is 10.2 Å². The summed E-state index contributed by atoms with van der Waals surface area (Å²) in [5.41, 5.74) is 20.3. The highest BCUT2D eigenvalue weighted by atomic mass is 15.1. The van der Waals surface area contributed by atoms with E-state index in [1.54, 1.807) is 0 Å². The van der Waals surface area contributed by atoms with E-state index in [2.05, 4.69) is 249 Å². The van der Waals surface area contributed by atoms with Crippen molar-refractivity contribution in [3.63, 3.8) is 0 Å². The molecule has 0 spiro atoms. The monoisotopic (exact) mass is 834 g/mol. The summed E-state index contributed by atoms with van der Waals surface area (Å²) in [6.45, 7) is 4.71. The number of hydrogen-bond acceptors (Lipinski definition) is 2. The largest absolute Gasteiger partial charge is 0.356 e. The highest BCUT2D eigenvalue weighted by Gasteiger charge is 2.36. The molecule has 1 N–H and O–H groups in total. The summed E-state index contributed by atoms with van der Waals surface area (Å²) in [5.74, 6) is 0. The van der Waals surface area contributed by atoms with E-state index < -0.39 is 0 Å². The van der Waals surface area contributed by atoms with Crippen molar-refractivity contribution in [2.75, 3.05) is 10.2 Å². The van der Waals surface area contributed by atoms with Gasteiger partial charge in [-0.2, -0.15) is 0 Å². The lowest BCUT2D eigenvalue weighted by atomic mass is 9.82. The van der Waals surface area contributed by atoms with Crippen molar-refractivity contribution >= 4 is 28.4 Å². The average molecular weight is 835 g/mol. The molecular formula is C63H50N2. The van der Waals surface area contributed by atoms with E-state index in [1.165, 1.54) is 66.8 Å².